The minimum absolute atomic E-state index is 0.0794. The first-order valence-corrected chi connectivity index (χ1v) is 9.51. The molecule has 26 heavy (non-hydrogen) atoms. The molecule has 0 radical (unpaired) electrons. The molecule has 0 saturated carbocycles. The average molecular weight is 379 g/mol. The number of hydrogen-bond acceptors (Lipinski definition) is 6. The molecule has 1 aromatic rings. The lowest BCUT2D eigenvalue weighted by molar-refractivity contribution is -0.148. The van der Waals surface area contributed by atoms with Gasteiger partial charge in [-0.2, -0.15) is 0 Å². The summed E-state index contributed by atoms with van der Waals surface area (Å²) in [5.74, 6) is -0.464. The minimum Gasteiger partial charge on any atom is -0.464 e. The van der Waals surface area contributed by atoms with Gasteiger partial charge in [0.15, 0.2) is 0 Å². The monoisotopic (exact) mass is 379 g/mol. The standard InChI is InChI=1S/C19H25NO5S/c1-5-24-16(21)15-11-14(12-20(15)18(23)25-19(2,3)4)26-17(22)13-9-7-6-8-10-13/h6-10,14-15H,5,11-12H2,1-4H3. The summed E-state index contributed by atoms with van der Waals surface area (Å²) in [6.45, 7) is 7.53. The maximum Gasteiger partial charge on any atom is 0.411 e. The van der Waals surface area contributed by atoms with Gasteiger partial charge in [0, 0.05) is 17.4 Å². The van der Waals surface area contributed by atoms with Gasteiger partial charge in [-0.3, -0.25) is 9.69 Å². The molecule has 0 aromatic heterocycles. The fraction of sp³-hybridized carbons (Fsp3) is 0.526. The fourth-order valence-electron chi connectivity index (χ4n) is 2.66. The van der Waals surface area contributed by atoms with E-state index in [0.29, 0.717) is 12.0 Å². The summed E-state index contributed by atoms with van der Waals surface area (Å²) in [6.07, 6.45) is -0.202. The lowest BCUT2D eigenvalue weighted by Gasteiger charge is -2.27. The number of hydrogen-bond donors (Lipinski definition) is 0. The normalized spacial score (nSPS) is 19.9. The number of ether oxygens (including phenoxy) is 2. The van der Waals surface area contributed by atoms with Crippen LogP contribution in [0.4, 0.5) is 4.79 Å². The Kier molecular flexibility index (Phi) is 6.69. The molecule has 7 heteroatoms. The van der Waals surface area contributed by atoms with Crippen LogP contribution in [-0.4, -0.2) is 52.1 Å². The number of amides is 1. The fourth-order valence-corrected chi connectivity index (χ4v) is 3.75. The van der Waals surface area contributed by atoms with E-state index in [1.54, 1.807) is 52.0 Å². The van der Waals surface area contributed by atoms with Gasteiger partial charge in [-0.15, -0.1) is 0 Å². The second-order valence-electron chi connectivity index (χ2n) is 7.03. The highest BCUT2D eigenvalue weighted by atomic mass is 32.2. The molecule has 0 spiro atoms. The van der Waals surface area contributed by atoms with Crippen molar-refractivity contribution in [3.8, 4) is 0 Å². The molecule has 1 heterocycles. The van der Waals surface area contributed by atoms with Crippen molar-refractivity contribution in [2.75, 3.05) is 13.2 Å². The summed E-state index contributed by atoms with van der Waals surface area (Å²) in [5, 5.41) is -0.270. The van der Waals surface area contributed by atoms with E-state index in [1.807, 2.05) is 6.07 Å². The molecular weight excluding hydrogens is 354 g/mol. The van der Waals surface area contributed by atoms with Crippen molar-refractivity contribution in [2.45, 2.75) is 51.0 Å². The second kappa shape index (κ2) is 8.58. The number of thioether (sulfide) groups is 1. The number of nitrogens with zero attached hydrogens (tertiary/aromatic N) is 1. The van der Waals surface area contributed by atoms with Crippen LogP contribution in [0.15, 0.2) is 30.3 Å². The third kappa shape index (κ3) is 5.49. The Labute approximate surface area is 158 Å². The van der Waals surface area contributed by atoms with Gasteiger partial charge in [0.05, 0.1) is 6.61 Å². The third-order valence-corrected chi connectivity index (χ3v) is 4.86. The number of rotatable bonds is 4. The Hall–Kier alpha value is -2.02. The SMILES string of the molecule is CCOC(=O)C1CC(SC(=O)c2ccccc2)CN1C(=O)OC(C)(C)C. The first-order chi connectivity index (χ1) is 12.2. The van der Waals surface area contributed by atoms with Crippen LogP contribution in [0.1, 0.15) is 44.5 Å². The molecule has 2 atom stereocenters. The van der Waals surface area contributed by atoms with Crippen LogP contribution in [-0.2, 0) is 14.3 Å². The zero-order valence-corrected chi connectivity index (χ0v) is 16.4. The van der Waals surface area contributed by atoms with Crippen LogP contribution in [0.5, 0.6) is 0 Å². The first kappa shape index (κ1) is 20.3. The van der Waals surface area contributed by atoms with Crippen molar-refractivity contribution in [3.05, 3.63) is 35.9 Å². The van der Waals surface area contributed by atoms with Gasteiger partial charge in [0.2, 0.25) is 5.12 Å². The molecule has 2 unspecified atom stereocenters. The van der Waals surface area contributed by atoms with Crippen molar-refractivity contribution < 1.29 is 23.9 Å². The molecule has 6 nitrogen and oxygen atoms in total. The highest BCUT2D eigenvalue weighted by molar-refractivity contribution is 8.14. The molecule has 1 amide bonds. The minimum atomic E-state index is -0.731. The Morgan fingerprint density at radius 2 is 1.85 bits per heavy atom. The van der Waals surface area contributed by atoms with Crippen molar-refractivity contribution >= 4 is 28.9 Å². The molecule has 0 bridgehead atoms. The molecule has 1 aliphatic heterocycles. The van der Waals surface area contributed by atoms with Crippen molar-refractivity contribution in [3.63, 3.8) is 0 Å². The summed E-state index contributed by atoms with van der Waals surface area (Å²) in [6, 6.07) is 8.22. The van der Waals surface area contributed by atoms with Gasteiger partial charge in [0.1, 0.15) is 11.6 Å². The van der Waals surface area contributed by atoms with Crippen molar-refractivity contribution in [2.24, 2.45) is 0 Å². The Balaban J connectivity index is 2.10. The van der Waals surface area contributed by atoms with Crippen LogP contribution >= 0.6 is 11.8 Å². The predicted octanol–water partition coefficient (Wildman–Crippen LogP) is 3.50. The number of esters is 1. The van der Waals surface area contributed by atoms with E-state index >= 15 is 0 Å². The Bertz CT molecular complexity index is 656. The maximum absolute atomic E-state index is 12.5. The molecule has 0 aliphatic carbocycles. The van der Waals surface area contributed by atoms with Gasteiger partial charge in [-0.25, -0.2) is 9.59 Å². The van der Waals surface area contributed by atoms with Crippen LogP contribution in [0.3, 0.4) is 0 Å². The molecule has 1 saturated heterocycles. The number of carbonyl (C=O) groups is 3. The van der Waals surface area contributed by atoms with E-state index in [0.717, 1.165) is 11.8 Å². The largest absolute Gasteiger partial charge is 0.464 e. The van der Waals surface area contributed by atoms with Crippen LogP contribution in [0, 0.1) is 0 Å². The highest BCUT2D eigenvalue weighted by Crippen LogP contribution is 2.31. The van der Waals surface area contributed by atoms with Crippen LogP contribution in [0.25, 0.3) is 0 Å². The van der Waals surface area contributed by atoms with E-state index in [-0.39, 0.29) is 23.5 Å². The number of carbonyl (C=O) groups excluding carboxylic acids is 3. The van der Waals surface area contributed by atoms with Gasteiger partial charge < -0.3 is 9.47 Å². The molecule has 142 valence electrons. The van der Waals surface area contributed by atoms with Gasteiger partial charge >= 0.3 is 12.1 Å². The van der Waals surface area contributed by atoms with Gasteiger partial charge in [0.25, 0.3) is 0 Å². The quantitative estimate of drug-likeness (QED) is 0.746. The highest BCUT2D eigenvalue weighted by Gasteiger charge is 2.43. The topological polar surface area (TPSA) is 72.9 Å². The summed E-state index contributed by atoms with van der Waals surface area (Å²) in [4.78, 5) is 38.5. The Morgan fingerprint density at radius 1 is 1.19 bits per heavy atom. The lowest BCUT2D eigenvalue weighted by atomic mass is 10.2. The smallest absolute Gasteiger partial charge is 0.411 e. The van der Waals surface area contributed by atoms with E-state index in [9.17, 15) is 14.4 Å². The van der Waals surface area contributed by atoms with E-state index in [1.165, 1.54) is 4.90 Å². The zero-order chi connectivity index (χ0) is 19.3. The summed E-state index contributed by atoms with van der Waals surface area (Å²) in [5.41, 5.74) is -0.0672. The Morgan fingerprint density at radius 3 is 2.42 bits per heavy atom. The van der Waals surface area contributed by atoms with Crippen molar-refractivity contribution in [1.29, 1.82) is 0 Å². The predicted molar refractivity (Wildman–Crippen MR) is 100 cm³/mol. The summed E-state index contributed by atoms with van der Waals surface area (Å²) < 4.78 is 10.5. The summed E-state index contributed by atoms with van der Waals surface area (Å²) >= 11 is 1.14. The molecule has 1 fully saturated rings. The van der Waals surface area contributed by atoms with Crippen LogP contribution in [0.2, 0.25) is 0 Å². The molecular formula is C19H25NO5S. The first-order valence-electron chi connectivity index (χ1n) is 8.63. The van der Waals surface area contributed by atoms with E-state index < -0.39 is 23.7 Å². The van der Waals surface area contributed by atoms with Gasteiger partial charge in [-0.05, 0) is 34.1 Å². The third-order valence-electron chi connectivity index (χ3n) is 3.73. The molecule has 0 N–H and O–H groups in total. The number of likely N-dealkylation sites (tertiary alicyclic amines) is 1. The molecule has 2 rings (SSSR count). The lowest BCUT2D eigenvalue weighted by Crippen LogP contribution is -2.44. The average Bonchev–Trinajstić information content (AvgIpc) is 2.98. The zero-order valence-electron chi connectivity index (χ0n) is 15.6. The van der Waals surface area contributed by atoms with Crippen LogP contribution < -0.4 is 0 Å². The number of benzene rings is 1. The molecule has 1 aromatic carbocycles. The summed E-state index contributed by atoms with van der Waals surface area (Å²) in [7, 11) is 0. The van der Waals surface area contributed by atoms with E-state index in [2.05, 4.69) is 0 Å². The molecule has 1 aliphatic rings. The van der Waals surface area contributed by atoms with Crippen molar-refractivity contribution in [1.82, 2.24) is 4.90 Å². The van der Waals surface area contributed by atoms with Gasteiger partial charge in [-0.1, -0.05) is 42.1 Å². The second-order valence-corrected chi connectivity index (χ2v) is 8.30. The maximum atomic E-state index is 12.5. The van der Waals surface area contributed by atoms with E-state index in [4.69, 9.17) is 9.47 Å².